The van der Waals surface area contributed by atoms with E-state index < -0.39 is 0 Å². The Balaban J connectivity index is 1.95. The molecule has 0 aliphatic carbocycles. The summed E-state index contributed by atoms with van der Waals surface area (Å²) in [4.78, 5) is 19.5. The van der Waals surface area contributed by atoms with Crippen LogP contribution in [-0.2, 0) is 11.2 Å². The minimum absolute atomic E-state index is 0.0371. The van der Waals surface area contributed by atoms with E-state index in [2.05, 4.69) is 18.8 Å². The summed E-state index contributed by atoms with van der Waals surface area (Å²) in [5.74, 6) is 1.75. The number of thiophene rings is 1. The third kappa shape index (κ3) is 4.65. The number of aromatic nitrogens is 1. The molecule has 23 heavy (non-hydrogen) atoms. The lowest BCUT2D eigenvalue weighted by atomic mass is 10.0. The molecule has 0 saturated carbocycles. The van der Waals surface area contributed by atoms with Gasteiger partial charge in [0, 0.05) is 19.6 Å². The summed E-state index contributed by atoms with van der Waals surface area (Å²) in [6, 6.07) is 4.03. The van der Waals surface area contributed by atoms with E-state index in [1.54, 1.807) is 16.2 Å². The first-order chi connectivity index (χ1) is 10.9. The Morgan fingerprint density at radius 2 is 2.22 bits per heavy atom. The van der Waals surface area contributed by atoms with Gasteiger partial charge in [0.1, 0.15) is 5.76 Å². The maximum atomic E-state index is 12.3. The first-order valence-electron chi connectivity index (χ1n) is 7.88. The van der Waals surface area contributed by atoms with Crippen LogP contribution in [0.25, 0.3) is 10.8 Å². The van der Waals surface area contributed by atoms with Crippen LogP contribution >= 0.6 is 11.3 Å². The molecule has 1 amide bonds. The van der Waals surface area contributed by atoms with Crippen molar-refractivity contribution >= 4 is 17.2 Å². The van der Waals surface area contributed by atoms with Crippen molar-refractivity contribution in [1.82, 2.24) is 9.88 Å². The van der Waals surface area contributed by atoms with Gasteiger partial charge < -0.3 is 15.1 Å². The highest BCUT2D eigenvalue weighted by Gasteiger charge is 2.18. The van der Waals surface area contributed by atoms with Gasteiger partial charge in [0.15, 0.2) is 0 Å². The summed E-state index contributed by atoms with van der Waals surface area (Å²) >= 11 is 1.57. The summed E-state index contributed by atoms with van der Waals surface area (Å²) in [5, 5.41) is 1.98. The molecule has 0 aromatic carbocycles. The second-order valence-electron chi connectivity index (χ2n) is 6.19. The largest absolute Gasteiger partial charge is 0.440 e. The van der Waals surface area contributed by atoms with E-state index in [1.165, 1.54) is 0 Å². The SMILES string of the molecule is Cc1oc(-c2cccs2)nc1CC(=O)N(C)CCC(N)C(C)C. The number of nitrogens with two attached hydrogens (primary N) is 1. The van der Waals surface area contributed by atoms with Gasteiger partial charge >= 0.3 is 0 Å². The zero-order chi connectivity index (χ0) is 17.0. The molecule has 0 saturated heterocycles. The Kier molecular flexibility index (Phi) is 5.96. The molecule has 6 heteroatoms. The maximum Gasteiger partial charge on any atom is 0.236 e. The molecule has 2 rings (SSSR count). The smallest absolute Gasteiger partial charge is 0.236 e. The zero-order valence-corrected chi connectivity index (χ0v) is 15.0. The number of rotatable bonds is 7. The molecule has 0 aliphatic rings. The van der Waals surface area contributed by atoms with Crippen LogP contribution in [0.2, 0.25) is 0 Å². The fraction of sp³-hybridized carbons (Fsp3) is 0.529. The molecule has 0 spiro atoms. The van der Waals surface area contributed by atoms with Crippen LogP contribution in [0.5, 0.6) is 0 Å². The number of aryl methyl sites for hydroxylation is 1. The monoisotopic (exact) mass is 335 g/mol. The van der Waals surface area contributed by atoms with E-state index in [-0.39, 0.29) is 18.4 Å². The highest BCUT2D eigenvalue weighted by Crippen LogP contribution is 2.26. The Bertz CT molecular complexity index is 634. The van der Waals surface area contributed by atoms with E-state index >= 15 is 0 Å². The summed E-state index contributed by atoms with van der Waals surface area (Å²) in [5.41, 5.74) is 6.74. The highest BCUT2D eigenvalue weighted by atomic mass is 32.1. The van der Waals surface area contributed by atoms with Crippen LogP contribution < -0.4 is 5.73 Å². The molecule has 2 aromatic heterocycles. The summed E-state index contributed by atoms with van der Waals surface area (Å²) in [7, 11) is 1.81. The van der Waals surface area contributed by atoms with Crippen LogP contribution in [0.1, 0.15) is 31.7 Å². The molecular weight excluding hydrogens is 310 g/mol. The van der Waals surface area contributed by atoms with Crippen LogP contribution in [0.15, 0.2) is 21.9 Å². The molecule has 0 fully saturated rings. The number of oxazole rings is 1. The standard InChI is InChI=1S/C17H25N3O2S/c1-11(2)13(18)7-8-20(4)16(21)10-14-12(3)22-17(19-14)15-6-5-9-23-15/h5-6,9,11,13H,7-8,10,18H2,1-4H3. The van der Waals surface area contributed by atoms with Gasteiger partial charge in [-0.05, 0) is 30.7 Å². The van der Waals surface area contributed by atoms with Crippen molar-refractivity contribution in [3.05, 3.63) is 29.0 Å². The fourth-order valence-corrected chi connectivity index (χ4v) is 2.83. The number of carbonyl (C=O) groups is 1. The minimum atomic E-state index is 0.0371. The fourth-order valence-electron chi connectivity index (χ4n) is 2.18. The van der Waals surface area contributed by atoms with Gasteiger partial charge in [0.05, 0.1) is 17.0 Å². The summed E-state index contributed by atoms with van der Waals surface area (Å²) in [6.45, 7) is 6.70. The molecule has 5 nitrogen and oxygen atoms in total. The minimum Gasteiger partial charge on any atom is -0.440 e. The molecule has 1 atom stereocenters. The normalized spacial score (nSPS) is 12.6. The third-order valence-electron chi connectivity index (χ3n) is 4.02. The van der Waals surface area contributed by atoms with Crippen molar-refractivity contribution in [3.63, 3.8) is 0 Å². The summed E-state index contributed by atoms with van der Waals surface area (Å²) < 4.78 is 5.68. The van der Waals surface area contributed by atoms with E-state index in [4.69, 9.17) is 10.2 Å². The second-order valence-corrected chi connectivity index (χ2v) is 7.14. The molecule has 0 aliphatic heterocycles. The van der Waals surface area contributed by atoms with Gasteiger partial charge in [-0.2, -0.15) is 0 Å². The van der Waals surface area contributed by atoms with Gasteiger partial charge in [-0.15, -0.1) is 11.3 Å². The van der Waals surface area contributed by atoms with Crippen LogP contribution in [0.3, 0.4) is 0 Å². The average Bonchev–Trinajstić information content (AvgIpc) is 3.14. The Morgan fingerprint density at radius 3 is 2.83 bits per heavy atom. The van der Waals surface area contributed by atoms with E-state index in [1.807, 2.05) is 31.5 Å². The van der Waals surface area contributed by atoms with Gasteiger partial charge in [0.25, 0.3) is 0 Å². The molecule has 1 unspecified atom stereocenters. The number of hydrogen-bond donors (Lipinski definition) is 1. The Hall–Kier alpha value is -1.66. The quantitative estimate of drug-likeness (QED) is 0.844. The van der Waals surface area contributed by atoms with Crippen molar-refractivity contribution in [2.75, 3.05) is 13.6 Å². The third-order valence-corrected chi connectivity index (χ3v) is 4.88. The molecule has 2 N–H and O–H groups in total. The van der Waals surface area contributed by atoms with E-state index in [0.717, 1.165) is 11.3 Å². The molecule has 0 radical (unpaired) electrons. The van der Waals surface area contributed by atoms with Gasteiger partial charge in [-0.1, -0.05) is 19.9 Å². The Morgan fingerprint density at radius 1 is 1.48 bits per heavy atom. The lowest BCUT2D eigenvalue weighted by molar-refractivity contribution is -0.129. The van der Waals surface area contributed by atoms with Gasteiger partial charge in [-0.3, -0.25) is 4.79 Å². The van der Waals surface area contributed by atoms with Crippen molar-refractivity contribution in [2.24, 2.45) is 11.7 Å². The van der Waals surface area contributed by atoms with Crippen molar-refractivity contribution < 1.29 is 9.21 Å². The molecule has 2 heterocycles. The number of carbonyl (C=O) groups excluding carboxylic acids is 1. The van der Waals surface area contributed by atoms with Crippen LogP contribution in [0.4, 0.5) is 0 Å². The van der Waals surface area contributed by atoms with Crippen molar-refractivity contribution in [2.45, 2.75) is 39.7 Å². The number of likely N-dealkylation sites (N-methyl/N-ethyl adjacent to an activating group) is 1. The molecular formula is C17H25N3O2S. The Labute approximate surface area is 141 Å². The maximum absolute atomic E-state index is 12.3. The highest BCUT2D eigenvalue weighted by molar-refractivity contribution is 7.13. The van der Waals surface area contributed by atoms with Crippen molar-refractivity contribution in [3.8, 4) is 10.8 Å². The van der Waals surface area contributed by atoms with Gasteiger partial charge in [0.2, 0.25) is 11.8 Å². The predicted molar refractivity (Wildman–Crippen MR) is 93.3 cm³/mol. The van der Waals surface area contributed by atoms with E-state index in [9.17, 15) is 4.79 Å². The van der Waals surface area contributed by atoms with Crippen molar-refractivity contribution in [1.29, 1.82) is 0 Å². The van der Waals surface area contributed by atoms with Gasteiger partial charge in [-0.25, -0.2) is 4.98 Å². The van der Waals surface area contributed by atoms with E-state index in [0.29, 0.717) is 29.8 Å². The number of hydrogen-bond acceptors (Lipinski definition) is 5. The van der Waals surface area contributed by atoms with Crippen LogP contribution in [-0.4, -0.2) is 35.4 Å². The summed E-state index contributed by atoms with van der Waals surface area (Å²) in [6.07, 6.45) is 1.06. The molecule has 2 aromatic rings. The topological polar surface area (TPSA) is 72.4 Å². The van der Waals surface area contributed by atoms with Crippen LogP contribution in [0, 0.1) is 12.8 Å². The lowest BCUT2D eigenvalue weighted by Gasteiger charge is -2.21. The number of amides is 1. The molecule has 126 valence electrons. The second kappa shape index (κ2) is 7.75. The average molecular weight is 335 g/mol. The molecule has 0 bridgehead atoms. The lowest BCUT2D eigenvalue weighted by Crippen LogP contribution is -2.35. The first kappa shape index (κ1) is 17.7. The first-order valence-corrected chi connectivity index (χ1v) is 8.76. The zero-order valence-electron chi connectivity index (χ0n) is 14.2. The predicted octanol–water partition coefficient (Wildman–Crippen LogP) is 3.09. The number of nitrogens with zero attached hydrogens (tertiary/aromatic N) is 2.